The molecule has 0 unspecified atom stereocenters. The fourth-order valence-electron chi connectivity index (χ4n) is 4.01. The van der Waals surface area contributed by atoms with E-state index in [4.69, 9.17) is 0 Å². The van der Waals surface area contributed by atoms with Crippen LogP contribution in [-0.4, -0.2) is 4.90 Å². The summed E-state index contributed by atoms with van der Waals surface area (Å²) in [6, 6.07) is 28.3. The predicted molar refractivity (Wildman–Crippen MR) is 133 cm³/mol. The molecule has 4 aromatic carbocycles. The molecule has 0 N–H and O–H groups in total. The zero-order chi connectivity index (χ0) is 26.5. The van der Waals surface area contributed by atoms with Crippen molar-refractivity contribution in [2.75, 3.05) is 0 Å². The van der Waals surface area contributed by atoms with Crippen LogP contribution in [0.5, 0.6) is 0 Å². The summed E-state index contributed by atoms with van der Waals surface area (Å²) in [7, 11) is 0. The third-order valence-corrected chi connectivity index (χ3v) is 5.78. The number of nitrogens with zero attached hydrogens (tertiary/aromatic N) is 1. The average molecular weight is 512 g/mol. The van der Waals surface area contributed by atoms with Crippen molar-refractivity contribution in [1.82, 2.24) is 4.90 Å². The minimum Gasteiger partial charge on any atom is -0.362 e. The fraction of sp³-hybridized carbons (Fsp3) is 0.133. The molecule has 7 heteroatoms. The Kier molecular flexibility index (Phi) is 7.71. The van der Waals surface area contributed by atoms with Gasteiger partial charge in [-0.05, 0) is 52.6 Å². The summed E-state index contributed by atoms with van der Waals surface area (Å²) in [5.41, 5.74) is 0.993. The van der Waals surface area contributed by atoms with E-state index in [2.05, 4.69) is 0 Å². The van der Waals surface area contributed by atoms with Crippen molar-refractivity contribution < 1.29 is 26.3 Å². The molecular formula is C30H23F6N. The lowest BCUT2D eigenvalue weighted by atomic mass is 10.0. The van der Waals surface area contributed by atoms with Crippen LogP contribution in [0, 0.1) is 0 Å². The van der Waals surface area contributed by atoms with Gasteiger partial charge in [0.25, 0.3) is 0 Å². The maximum absolute atomic E-state index is 13.6. The van der Waals surface area contributed by atoms with Crippen molar-refractivity contribution in [1.29, 1.82) is 0 Å². The molecule has 4 aromatic rings. The van der Waals surface area contributed by atoms with Gasteiger partial charge in [0.2, 0.25) is 0 Å². The summed E-state index contributed by atoms with van der Waals surface area (Å²) >= 11 is 0. The van der Waals surface area contributed by atoms with Gasteiger partial charge in [0.1, 0.15) is 0 Å². The topological polar surface area (TPSA) is 3.24 Å². The second-order valence-electron chi connectivity index (χ2n) is 8.56. The molecule has 1 nitrogen and oxygen atoms in total. The van der Waals surface area contributed by atoms with Gasteiger partial charge in [0.15, 0.2) is 0 Å². The molecule has 0 spiro atoms. The van der Waals surface area contributed by atoms with Crippen LogP contribution >= 0.6 is 0 Å². The van der Waals surface area contributed by atoms with Crippen LogP contribution in [-0.2, 0) is 25.4 Å². The highest BCUT2D eigenvalue weighted by Gasteiger charge is 2.32. The van der Waals surface area contributed by atoms with E-state index in [1.165, 1.54) is 30.3 Å². The van der Waals surface area contributed by atoms with Gasteiger partial charge in [0.05, 0.1) is 11.1 Å². The van der Waals surface area contributed by atoms with Crippen molar-refractivity contribution in [3.05, 3.63) is 143 Å². The first kappa shape index (κ1) is 26.1. The molecule has 4 rings (SSSR count). The number of hydrogen-bond acceptors (Lipinski definition) is 1. The second-order valence-corrected chi connectivity index (χ2v) is 8.56. The lowest BCUT2D eigenvalue weighted by molar-refractivity contribution is -0.138. The maximum Gasteiger partial charge on any atom is 0.416 e. The van der Waals surface area contributed by atoms with E-state index < -0.39 is 23.5 Å². The molecule has 0 fully saturated rings. The van der Waals surface area contributed by atoms with Gasteiger partial charge in [0, 0.05) is 18.8 Å². The molecular weight excluding hydrogens is 488 g/mol. The lowest BCUT2D eigenvalue weighted by Gasteiger charge is -2.29. The van der Waals surface area contributed by atoms with Gasteiger partial charge in [-0.2, -0.15) is 26.3 Å². The normalized spacial score (nSPS) is 12.4. The average Bonchev–Trinajstić information content (AvgIpc) is 2.87. The van der Waals surface area contributed by atoms with Crippen LogP contribution < -0.4 is 0 Å². The quantitative estimate of drug-likeness (QED) is 0.177. The van der Waals surface area contributed by atoms with Gasteiger partial charge >= 0.3 is 12.4 Å². The van der Waals surface area contributed by atoms with Gasteiger partial charge in [-0.1, -0.05) is 84.9 Å². The standard InChI is InChI=1S/C30H23F6N/c31-29(32,33)26-15-7-13-24(17-26)18-28(25-14-8-16-27(19-25)30(34,35)36)37(20-22-9-3-1-4-10-22)21-23-11-5-2-6-12-23/h1-19H,20-21H2/b28-18+. The third-order valence-electron chi connectivity index (χ3n) is 5.78. The van der Waals surface area contributed by atoms with Crippen molar-refractivity contribution in [3.8, 4) is 0 Å². The predicted octanol–water partition coefficient (Wildman–Crippen LogP) is 8.92. The Morgan fingerprint density at radius 1 is 0.568 bits per heavy atom. The van der Waals surface area contributed by atoms with Crippen LogP contribution in [0.1, 0.15) is 33.4 Å². The third kappa shape index (κ3) is 7.03. The Hall–Kier alpha value is -4.00. The Balaban J connectivity index is 1.88. The van der Waals surface area contributed by atoms with Crippen LogP contribution in [0.25, 0.3) is 11.8 Å². The van der Waals surface area contributed by atoms with Crippen molar-refractivity contribution in [3.63, 3.8) is 0 Å². The molecule has 0 saturated carbocycles. The highest BCUT2D eigenvalue weighted by molar-refractivity contribution is 5.81. The molecule has 0 atom stereocenters. The fourth-order valence-corrected chi connectivity index (χ4v) is 4.01. The minimum absolute atomic E-state index is 0.230. The van der Waals surface area contributed by atoms with E-state index >= 15 is 0 Å². The largest absolute Gasteiger partial charge is 0.416 e. The second kappa shape index (κ2) is 10.9. The summed E-state index contributed by atoms with van der Waals surface area (Å²) in [5, 5.41) is 0. The Bertz CT molecular complexity index is 1300. The van der Waals surface area contributed by atoms with Crippen LogP contribution in [0.2, 0.25) is 0 Å². The number of alkyl halides is 6. The monoisotopic (exact) mass is 511 g/mol. The van der Waals surface area contributed by atoms with Crippen LogP contribution in [0.3, 0.4) is 0 Å². The Morgan fingerprint density at radius 2 is 1.05 bits per heavy atom. The first-order valence-corrected chi connectivity index (χ1v) is 11.5. The molecule has 0 aromatic heterocycles. The molecule has 0 radical (unpaired) electrons. The summed E-state index contributed by atoms with van der Waals surface area (Å²) in [4.78, 5) is 1.88. The maximum atomic E-state index is 13.6. The van der Waals surface area contributed by atoms with E-state index in [9.17, 15) is 26.3 Å². The first-order valence-electron chi connectivity index (χ1n) is 11.5. The molecule has 37 heavy (non-hydrogen) atoms. The van der Waals surface area contributed by atoms with Crippen LogP contribution in [0.15, 0.2) is 109 Å². The van der Waals surface area contributed by atoms with Gasteiger partial charge in [-0.15, -0.1) is 0 Å². The number of rotatable bonds is 7. The SMILES string of the molecule is FC(F)(F)c1cccc(/C=C(\c2cccc(C(F)(F)F)c2)N(Cc2ccccc2)Cc2ccccc2)c1. The molecule has 0 aliphatic heterocycles. The molecule has 0 aliphatic carbocycles. The molecule has 0 amide bonds. The van der Waals surface area contributed by atoms with E-state index in [-0.39, 0.29) is 11.1 Å². The summed E-state index contributed by atoms with van der Waals surface area (Å²) in [6.45, 7) is 0.660. The highest BCUT2D eigenvalue weighted by Crippen LogP contribution is 2.35. The zero-order valence-electron chi connectivity index (χ0n) is 19.6. The van der Waals surface area contributed by atoms with Crippen molar-refractivity contribution in [2.24, 2.45) is 0 Å². The number of halogens is 6. The smallest absolute Gasteiger partial charge is 0.362 e. The highest BCUT2D eigenvalue weighted by atomic mass is 19.4. The van der Waals surface area contributed by atoms with E-state index in [1.807, 2.05) is 65.6 Å². The van der Waals surface area contributed by atoms with E-state index in [0.717, 1.165) is 35.4 Å². The number of hydrogen-bond donors (Lipinski definition) is 0. The summed E-state index contributed by atoms with van der Waals surface area (Å²) < 4.78 is 80.9. The van der Waals surface area contributed by atoms with E-state index in [0.29, 0.717) is 18.8 Å². The Labute approximate surface area is 211 Å². The lowest BCUT2D eigenvalue weighted by Crippen LogP contribution is -2.22. The molecule has 0 bridgehead atoms. The summed E-state index contributed by atoms with van der Waals surface area (Å²) in [5.74, 6) is 0. The van der Waals surface area contributed by atoms with Crippen molar-refractivity contribution in [2.45, 2.75) is 25.4 Å². The summed E-state index contributed by atoms with van der Waals surface area (Å²) in [6.07, 6.45) is -7.61. The Morgan fingerprint density at radius 3 is 1.57 bits per heavy atom. The van der Waals surface area contributed by atoms with Crippen molar-refractivity contribution >= 4 is 11.8 Å². The molecule has 0 saturated heterocycles. The van der Waals surface area contributed by atoms with Gasteiger partial charge in [-0.25, -0.2) is 0 Å². The van der Waals surface area contributed by atoms with Gasteiger partial charge < -0.3 is 4.90 Å². The zero-order valence-corrected chi connectivity index (χ0v) is 19.6. The van der Waals surface area contributed by atoms with Crippen LogP contribution in [0.4, 0.5) is 26.3 Å². The van der Waals surface area contributed by atoms with E-state index in [1.54, 1.807) is 0 Å². The molecule has 0 aliphatic rings. The van der Waals surface area contributed by atoms with Gasteiger partial charge in [-0.3, -0.25) is 0 Å². The minimum atomic E-state index is -4.57. The molecule has 190 valence electrons. The first-order chi connectivity index (χ1) is 17.6. The number of benzene rings is 4. The molecule has 0 heterocycles.